The molecular weight excluding hydrogens is 260 g/mol. The Labute approximate surface area is 116 Å². The third-order valence-electron chi connectivity index (χ3n) is 3.20. The Morgan fingerprint density at radius 3 is 2.68 bits per heavy atom. The van der Waals surface area contributed by atoms with Crippen LogP contribution in [-0.4, -0.2) is 16.7 Å². The summed E-state index contributed by atoms with van der Waals surface area (Å²) in [6, 6.07) is 13.6. The van der Waals surface area contributed by atoms with Crippen molar-refractivity contribution >= 4 is 22.6 Å². The number of ether oxygens (including phenoxy) is 1. The molecule has 0 radical (unpaired) electrons. The highest BCUT2D eigenvalue weighted by Gasteiger charge is 2.12. The fourth-order valence-corrected chi connectivity index (χ4v) is 2.41. The minimum atomic E-state index is 0.702. The summed E-state index contributed by atoms with van der Waals surface area (Å²) in [5.74, 6) is 1.66. The predicted octanol–water partition coefficient (Wildman–Crippen LogP) is 3.90. The summed E-state index contributed by atoms with van der Waals surface area (Å²) in [6.45, 7) is 0. The molecule has 0 saturated heterocycles. The summed E-state index contributed by atoms with van der Waals surface area (Å²) in [4.78, 5) is 4.65. The highest BCUT2D eigenvalue weighted by Crippen LogP contribution is 2.30. The van der Waals surface area contributed by atoms with Crippen molar-refractivity contribution in [2.24, 2.45) is 7.05 Å². The summed E-state index contributed by atoms with van der Waals surface area (Å²) in [7, 11) is 3.64. The Morgan fingerprint density at radius 2 is 1.95 bits per heavy atom. The quantitative estimate of drug-likeness (QED) is 0.707. The van der Waals surface area contributed by atoms with Gasteiger partial charge in [0.05, 0.1) is 23.2 Å². The standard InChI is InChI=1S/C15H13ClN2O/c1-18-14-8-7-10(19-2)9-13(14)17-15(18)11-5-3-4-6-12(11)16/h3-9H,1-2H3. The van der Waals surface area contributed by atoms with Gasteiger partial charge < -0.3 is 9.30 Å². The smallest absolute Gasteiger partial charge is 0.142 e. The summed E-state index contributed by atoms with van der Waals surface area (Å²) < 4.78 is 7.26. The average Bonchev–Trinajstić information content (AvgIpc) is 2.76. The zero-order valence-corrected chi connectivity index (χ0v) is 11.5. The molecule has 0 fully saturated rings. The van der Waals surface area contributed by atoms with Gasteiger partial charge in [-0.3, -0.25) is 0 Å². The molecule has 19 heavy (non-hydrogen) atoms. The molecule has 1 heterocycles. The van der Waals surface area contributed by atoms with E-state index in [1.807, 2.05) is 54.1 Å². The van der Waals surface area contributed by atoms with Crippen molar-refractivity contribution in [3.8, 4) is 17.1 Å². The SMILES string of the molecule is COc1ccc2c(c1)nc(-c1ccccc1Cl)n2C. The third kappa shape index (κ3) is 1.96. The van der Waals surface area contributed by atoms with Crippen LogP contribution in [0.2, 0.25) is 5.02 Å². The van der Waals surface area contributed by atoms with Crippen LogP contribution < -0.4 is 4.74 Å². The molecule has 3 rings (SSSR count). The summed E-state index contributed by atoms with van der Waals surface area (Å²) >= 11 is 6.24. The number of nitrogens with zero attached hydrogens (tertiary/aromatic N) is 2. The normalized spacial score (nSPS) is 10.9. The number of aromatic nitrogens is 2. The highest BCUT2D eigenvalue weighted by atomic mass is 35.5. The Balaban J connectivity index is 2.25. The molecule has 0 unspecified atom stereocenters. The highest BCUT2D eigenvalue weighted by molar-refractivity contribution is 6.33. The maximum absolute atomic E-state index is 6.24. The average molecular weight is 273 g/mol. The molecule has 3 nitrogen and oxygen atoms in total. The van der Waals surface area contributed by atoms with Crippen LogP contribution in [0.1, 0.15) is 0 Å². The molecule has 0 amide bonds. The number of hydrogen-bond acceptors (Lipinski definition) is 2. The van der Waals surface area contributed by atoms with Crippen LogP contribution in [0, 0.1) is 0 Å². The molecule has 96 valence electrons. The first-order valence-corrected chi connectivity index (χ1v) is 6.34. The van der Waals surface area contributed by atoms with E-state index < -0.39 is 0 Å². The Bertz CT molecular complexity index is 749. The van der Waals surface area contributed by atoms with E-state index >= 15 is 0 Å². The minimum Gasteiger partial charge on any atom is -0.497 e. The molecule has 0 bridgehead atoms. The lowest BCUT2D eigenvalue weighted by Gasteiger charge is -2.04. The van der Waals surface area contributed by atoms with Crippen molar-refractivity contribution in [1.82, 2.24) is 9.55 Å². The Hall–Kier alpha value is -2.00. The van der Waals surface area contributed by atoms with Gasteiger partial charge in [-0.05, 0) is 24.3 Å². The molecule has 0 aliphatic rings. The lowest BCUT2D eigenvalue weighted by Crippen LogP contribution is -1.92. The first kappa shape index (κ1) is 12.1. The third-order valence-corrected chi connectivity index (χ3v) is 3.53. The summed E-state index contributed by atoms with van der Waals surface area (Å²) in [5, 5.41) is 0.702. The number of hydrogen-bond donors (Lipinski definition) is 0. The fraction of sp³-hybridized carbons (Fsp3) is 0.133. The number of fused-ring (bicyclic) bond motifs is 1. The van der Waals surface area contributed by atoms with Crippen LogP contribution in [0.5, 0.6) is 5.75 Å². The van der Waals surface area contributed by atoms with Gasteiger partial charge in [-0.1, -0.05) is 23.7 Å². The van der Waals surface area contributed by atoms with E-state index in [4.69, 9.17) is 16.3 Å². The minimum absolute atomic E-state index is 0.702. The Morgan fingerprint density at radius 1 is 1.16 bits per heavy atom. The van der Waals surface area contributed by atoms with Gasteiger partial charge in [-0.25, -0.2) is 4.98 Å². The molecule has 3 aromatic rings. The molecule has 0 spiro atoms. The van der Waals surface area contributed by atoms with Gasteiger partial charge >= 0.3 is 0 Å². The van der Waals surface area contributed by atoms with Crippen LogP contribution >= 0.6 is 11.6 Å². The number of benzene rings is 2. The van der Waals surface area contributed by atoms with E-state index in [9.17, 15) is 0 Å². The van der Waals surface area contributed by atoms with E-state index in [0.717, 1.165) is 28.2 Å². The second-order valence-electron chi connectivity index (χ2n) is 4.33. The van der Waals surface area contributed by atoms with Crippen LogP contribution in [0.4, 0.5) is 0 Å². The zero-order valence-electron chi connectivity index (χ0n) is 10.7. The van der Waals surface area contributed by atoms with Gasteiger partial charge in [0, 0.05) is 18.7 Å². The molecule has 0 aliphatic heterocycles. The van der Waals surface area contributed by atoms with Crippen LogP contribution in [0.25, 0.3) is 22.4 Å². The van der Waals surface area contributed by atoms with Crippen molar-refractivity contribution in [1.29, 1.82) is 0 Å². The van der Waals surface area contributed by atoms with Crippen LogP contribution in [0.15, 0.2) is 42.5 Å². The van der Waals surface area contributed by atoms with Crippen LogP contribution in [0.3, 0.4) is 0 Å². The first-order valence-electron chi connectivity index (χ1n) is 5.96. The number of aryl methyl sites for hydroxylation is 1. The van der Waals surface area contributed by atoms with Crippen molar-refractivity contribution in [2.75, 3.05) is 7.11 Å². The van der Waals surface area contributed by atoms with E-state index in [0.29, 0.717) is 5.02 Å². The fourth-order valence-electron chi connectivity index (χ4n) is 2.19. The largest absolute Gasteiger partial charge is 0.497 e. The van der Waals surface area contributed by atoms with Gasteiger partial charge in [0.1, 0.15) is 11.6 Å². The van der Waals surface area contributed by atoms with Gasteiger partial charge in [0.2, 0.25) is 0 Å². The number of imidazole rings is 1. The molecule has 4 heteroatoms. The van der Waals surface area contributed by atoms with E-state index in [1.54, 1.807) is 7.11 Å². The Kier molecular flexibility index (Phi) is 2.91. The molecule has 1 aromatic heterocycles. The van der Waals surface area contributed by atoms with Gasteiger partial charge in [0.25, 0.3) is 0 Å². The topological polar surface area (TPSA) is 27.1 Å². The van der Waals surface area contributed by atoms with Gasteiger partial charge in [-0.15, -0.1) is 0 Å². The lowest BCUT2D eigenvalue weighted by atomic mass is 10.2. The van der Waals surface area contributed by atoms with Crippen molar-refractivity contribution in [3.63, 3.8) is 0 Å². The number of methoxy groups -OCH3 is 1. The van der Waals surface area contributed by atoms with E-state index in [1.165, 1.54) is 0 Å². The monoisotopic (exact) mass is 272 g/mol. The second kappa shape index (κ2) is 4.59. The zero-order chi connectivity index (χ0) is 13.4. The molecule has 0 N–H and O–H groups in total. The summed E-state index contributed by atoms with van der Waals surface area (Å²) in [5.41, 5.74) is 2.88. The van der Waals surface area contributed by atoms with Crippen molar-refractivity contribution in [2.45, 2.75) is 0 Å². The van der Waals surface area contributed by atoms with Gasteiger partial charge in [-0.2, -0.15) is 0 Å². The van der Waals surface area contributed by atoms with Crippen LogP contribution in [-0.2, 0) is 7.05 Å². The number of rotatable bonds is 2. The molecular formula is C15H13ClN2O. The summed E-state index contributed by atoms with van der Waals surface area (Å²) in [6.07, 6.45) is 0. The van der Waals surface area contributed by atoms with E-state index in [-0.39, 0.29) is 0 Å². The molecule has 0 saturated carbocycles. The second-order valence-corrected chi connectivity index (χ2v) is 4.74. The van der Waals surface area contributed by atoms with Crippen molar-refractivity contribution < 1.29 is 4.74 Å². The lowest BCUT2D eigenvalue weighted by molar-refractivity contribution is 0.415. The maximum atomic E-state index is 6.24. The van der Waals surface area contributed by atoms with Gasteiger partial charge in [0.15, 0.2) is 0 Å². The first-order chi connectivity index (χ1) is 9.20. The molecule has 2 aromatic carbocycles. The molecule has 0 atom stereocenters. The predicted molar refractivity (Wildman–Crippen MR) is 77.7 cm³/mol. The molecule has 0 aliphatic carbocycles. The number of halogens is 1. The maximum Gasteiger partial charge on any atom is 0.142 e. The van der Waals surface area contributed by atoms with E-state index in [2.05, 4.69) is 4.98 Å². The van der Waals surface area contributed by atoms with Crippen molar-refractivity contribution in [3.05, 3.63) is 47.5 Å².